The Morgan fingerprint density at radius 2 is 2.12 bits per heavy atom. The average Bonchev–Trinajstić information content (AvgIpc) is 2.53. The number of rotatable bonds is 1. The first-order valence-corrected chi connectivity index (χ1v) is 5.56. The molecule has 1 atom stereocenters. The molecule has 0 saturated heterocycles. The normalized spacial score (nSPS) is 16.1. The maximum atomic E-state index is 7.01. The monoisotopic (exact) mass is 237 g/mol. The van der Waals surface area contributed by atoms with Crippen LogP contribution in [-0.4, -0.2) is 13.2 Å². The maximum absolute atomic E-state index is 7.01. The van der Waals surface area contributed by atoms with E-state index in [0.29, 0.717) is 29.7 Å². The summed E-state index contributed by atoms with van der Waals surface area (Å²) < 4.78 is 11.1. The Bertz CT molecular complexity index is 439. The minimum Gasteiger partial charge on any atom is -0.489 e. The molecule has 1 aliphatic heterocycles. The third-order valence-corrected chi connectivity index (χ3v) is 2.78. The molecule has 3 nitrogen and oxygen atoms in total. The van der Waals surface area contributed by atoms with Crippen molar-refractivity contribution in [3.05, 3.63) is 34.1 Å². The molecule has 1 aromatic rings. The highest BCUT2D eigenvalue weighted by molar-refractivity contribution is 6.32. The molecule has 2 rings (SSSR count). The molecule has 0 radical (unpaired) electrons. The summed E-state index contributed by atoms with van der Waals surface area (Å²) in [5.41, 5.74) is 0.865. The molecule has 0 bridgehead atoms. The average molecular weight is 238 g/mol. The summed E-state index contributed by atoms with van der Waals surface area (Å²) in [4.78, 5) is 3.47. The molecule has 0 amide bonds. The Balaban J connectivity index is 2.44. The van der Waals surface area contributed by atoms with Crippen LogP contribution in [0.4, 0.5) is 0 Å². The lowest BCUT2D eigenvalue weighted by molar-refractivity contribution is 0.297. The van der Waals surface area contributed by atoms with Crippen molar-refractivity contribution < 1.29 is 9.47 Å². The third-order valence-electron chi connectivity index (χ3n) is 2.50. The molecule has 0 fully saturated rings. The van der Waals surface area contributed by atoms with Gasteiger partial charge in [0.2, 0.25) is 6.04 Å². The predicted molar refractivity (Wildman–Crippen MR) is 62.1 cm³/mol. The van der Waals surface area contributed by atoms with Crippen LogP contribution in [0.5, 0.6) is 11.5 Å². The van der Waals surface area contributed by atoms with E-state index < -0.39 is 0 Å². The first kappa shape index (κ1) is 11.1. The second-order valence-corrected chi connectivity index (χ2v) is 4.09. The van der Waals surface area contributed by atoms with E-state index in [2.05, 4.69) is 4.85 Å². The van der Waals surface area contributed by atoms with E-state index in [1.807, 2.05) is 13.0 Å². The van der Waals surface area contributed by atoms with Gasteiger partial charge in [-0.05, 0) is 12.1 Å². The fraction of sp³-hybridized carbons (Fsp3) is 0.417. The van der Waals surface area contributed by atoms with Crippen molar-refractivity contribution in [2.45, 2.75) is 19.4 Å². The summed E-state index contributed by atoms with van der Waals surface area (Å²) >= 11 is 6.11. The largest absolute Gasteiger partial charge is 0.489 e. The highest BCUT2D eigenvalue weighted by Gasteiger charge is 2.19. The van der Waals surface area contributed by atoms with Gasteiger partial charge in [-0.2, -0.15) is 0 Å². The summed E-state index contributed by atoms with van der Waals surface area (Å²) in [5, 5.41) is 0.518. The third kappa shape index (κ3) is 2.07. The number of benzene rings is 1. The Morgan fingerprint density at radius 3 is 2.88 bits per heavy atom. The van der Waals surface area contributed by atoms with Gasteiger partial charge < -0.3 is 14.3 Å². The Morgan fingerprint density at radius 1 is 1.38 bits per heavy atom. The van der Waals surface area contributed by atoms with Gasteiger partial charge in [-0.15, -0.1) is 0 Å². The molecule has 1 heterocycles. The number of nitrogens with zero attached hydrogens (tertiary/aromatic N) is 1. The van der Waals surface area contributed by atoms with E-state index in [0.717, 1.165) is 12.0 Å². The molecule has 1 unspecified atom stereocenters. The van der Waals surface area contributed by atoms with Crippen molar-refractivity contribution >= 4 is 11.6 Å². The van der Waals surface area contributed by atoms with Crippen molar-refractivity contribution in [2.24, 2.45) is 0 Å². The van der Waals surface area contributed by atoms with Crippen LogP contribution >= 0.6 is 11.6 Å². The summed E-state index contributed by atoms with van der Waals surface area (Å²) in [6.45, 7) is 10.1. The van der Waals surface area contributed by atoms with E-state index in [1.165, 1.54) is 0 Å². The van der Waals surface area contributed by atoms with Crippen LogP contribution in [0, 0.1) is 6.57 Å². The van der Waals surface area contributed by atoms with Crippen LogP contribution in [0.2, 0.25) is 5.02 Å². The molecule has 1 aliphatic rings. The van der Waals surface area contributed by atoms with Gasteiger partial charge in [0.1, 0.15) is 0 Å². The topological polar surface area (TPSA) is 22.8 Å². The summed E-state index contributed by atoms with van der Waals surface area (Å²) in [5.74, 6) is 1.25. The second kappa shape index (κ2) is 4.63. The SMILES string of the molecule is [C-]#[N+]C(C)c1cc(Cl)c2c(c1)OCCCO2. The predicted octanol–water partition coefficient (Wildman–Crippen LogP) is 3.48. The number of ether oxygens (including phenoxy) is 2. The molecule has 4 heteroatoms. The van der Waals surface area contributed by atoms with Gasteiger partial charge in [0.05, 0.1) is 18.2 Å². The van der Waals surface area contributed by atoms with Crippen LogP contribution < -0.4 is 9.47 Å². The molecule has 0 saturated carbocycles. The van der Waals surface area contributed by atoms with Crippen molar-refractivity contribution in [3.8, 4) is 11.5 Å². The molecular formula is C12H12ClNO2. The molecular weight excluding hydrogens is 226 g/mol. The Labute approximate surface area is 99.7 Å². The van der Waals surface area contributed by atoms with E-state index in [4.69, 9.17) is 27.6 Å². The second-order valence-electron chi connectivity index (χ2n) is 3.69. The minimum atomic E-state index is -0.213. The molecule has 84 valence electrons. The van der Waals surface area contributed by atoms with Crippen molar-refractivity contribution in [1.29, 1.82) is 0 Å². The van der Waals surface area contributed by atoms with Crippen molar-refractivity contribution in [3.63, 3.8) is 0 Å². The quantitative estimate of drug-likeness (QED) is 0.698. The van der Waals surface area contributed by atoms with Gasteiger partial charge in [-0.3, -0.25) is 0 Å². The van der Waals surface area contributed by atoms with E-state index >= 15 is 0 Å². The van der Waals surface area contributed by atoms with Crippen molar-refractivity contribution in [2.75, 3.05) is 13.2 Å². The van der Waals surface area contributed by atoms with Gasteiger partial charge in [-0.25, -0.2) is 6.57 Å². The van der Waals surface area contributed by atoms with Gasteiger partial charge in [0, 0.05) is 18.9 Å². The van der Waals surface area contributed by atoms with Crippen LogP contribution in [-0.2, 0) is 0 Å². The van der Waals surface area contributed by atoms with E-state index in [9.17, 15) is 0 Å². The molecule has 0 N–H and O–H groups in total. The lowest BCUT2D eigenvalue weighted by Crippen LogP contribution is -1.97. The van der Waals surface area contributed by atoms with Gasteiger partial charge in [0.25, 0.3) is 0 Å². The van der Waals surface area contributed by atoms with Crippen LogP contribution in [0.3, 0.4) is 0 Å². The molecule has 0 aliphatic carbocycles. The maximum Gasteiger partial charge on any atom is 0.246 e. The fourth-order valence-corrected chi connectivity index (χ4v) is 1.84. The van der Waals surface area contributed by atoms with Crippen LogP contribution in [0.25, 0.3) is 4.85 Å². The highest BCUT2D eigenvalue weighted by Crippen LogP contribution is 2.39. The molecule has 0 aromatic heterocycles. The molecule has 16 heavy (non-hydrogen) atoms. The zero-order chi connectivity index (χ0) is 11.5. The van der Waals surface area contributed by atoms with Gasteiger partial charge in [0.15, 0.2) is 11.5 Å². The molecule has 1 aromatic carbocycles. The van der Waals surface area contributed by atoms with E-state index in [-0.39, 0.29) is 6.04 Å². The lowest BCUT2D eigenvalue weighted by Gasteiger charge is -2.11. The van der Waals surface area contributed by atoms with Gasteiger partial charge in [-0.1, -0.05) is 11.6 Å². The van der Waals surface area contributed by atoms with Gasteiger partial charge >= 0.3 is 0 Å². The number of hydrogen-bond acceptors (Lipinski definition) is 2. The number of fused-ring (bicyclic) bond motifs is 1. The lowest BCUT2D eigenvalue weighted by atomic mass is 10.1. The fourth-order valence-electron chi connectivity index (χ4n) is 1.57. The van der Waals surface area contributed by atoms with Crippen molar-refractivity contribution in [1.82, 2.24) is 0 Å². The minimum absolute atomic E-state index is 0.213. The summed E-state index contributed by atoms with van der Waals surface area (Å²) in [6.07, 6.45) is 0.846. The van der Waals surface area contributed by atoms with Crippen LogP contribution in [0.1, 0.15) is 24.9 Å². The number of hydrogen-bond donors (Lipinski definition) is 0. The van der Waals surface area contributed by atoms with Crippen LogP contribution in [0.15, 0.2) is 12.1 Å². The summed E-state index contributed by atoms with van der Waals surface area (Å²) in [6, 6.07) is 3.40. The smallest absolute Gasteiger partial charge is 0.246 e. The summed E-state index contributed by atoms with van der Waals surface area (Å²) in [7, 11) is 0. The number of halogens is 1. The highest BCUT2D eigenvalue weighted by atomic mass is 35.5. The van der Waals surface area contributed by atoms with E-state index in [1.54, 1.807) is 6.07 Å². The first-order valence-electron chi connectivity index (χ1n) is 5.18. The first-order chi connectivity index (χ1) is 7.72. The molecule has 0 spiro atoms. The zero-order valence-electron chi connectivity index (χ0n) is 9.00. The Kier molecular flexibility index (Phi) is 3.21. The standard InChI is InChI=1S/C12H12ClNO2/c1-8(14-2)9-6-10(13)12-11(7-9)15-4-3-5-16-12/h6-8H,3-5H2,1H3. The zero-order valence-corrected chi connectivity index (χ0v) is 9.75. The Hall–Kier alpha value is -1.40.